The summed E-state index contributed by atoms with van der Waals surface area (Å²) in [7, 11) is 1.79. The summed E-state index contributed by atoms with van der Waals surface area (Å²) in [6.07, 6.45) is 1.49. The third-order valence-corrected chi connectivity index (χ3v) is 5.01. The molecule has 3 rings (SSSR count). The van der Waals surface area contributed by atoms with Crippen LogP contribution in [0.1, 0.15) is 41.7 Å². The number of benzene rings is 2. The van der Waals surface area contributed by atoms with E-state index < -0.39 is 0 Å². The zero-order valence-corrected chi connectivity index (χ0v) is 15.2. The molecule has 1 aliphatic heterocycles. The average Bonchev–Trinajstić information content (AvgIpc) is 3.06. The van der Waals surface area contributed by atoms with Crippen molar-refractivity contribution in [3.8, 4) is 0 Å². The van der Waals surface area contributed by atoms with Gasteiger partial charge in [-0.25, -0.2) is 0 Å². The van der Waals surface area contributed by atoms with Crippen LogP contribution < -0.4 is 4.90 Å². The van der Waals surface area contributed by atoms with Crippen LogP contribution in [-0.2, 0) is 4.79 Å². The molecule has 1 saturated heterocycles. The van der Waals surface area contributed by atoms with E-state index in [0.29, 0.717) is 17.0 Å². The van der Waals surface area contributed by atoms with Gasteiger partial charge in [-0.15, -0.1) is 0 Å². The van der Waals surface area contributed by atoms with Crippen molar-refractivity contribution in [3.63, 3.8) is 0 Å². The van der Waals surface area contributed by atoms with Crippen molar-refractivity contribution >= 4 is 29.1 Å². The first kappa shape index (κ1) is 17.5. The lowest BCUT2D eigenvalue weighted by atomic mass is 10.1. The van der Waals surface area contributed by atoms with Crippen LogP contribution in [0.25, 0.3) is 0 Å². The number of hydrogen-bond donors (Lipinski definition) is 0. The first-order chi connectivity index (χ1) is 12.0. The van der Waals surface area contributed by atoms with Gasteiger partial charge in [-0.1, -0.05) is 23.7 Å². The third kappa shape index (κ3) is 3.69. The SMILES string of the molecule is CC(c1ccc(Cl)cc1)N(C)C(=O)c1ccc(N2CCCC2=O)cc1. The van der Waals surface area contributed by atoms with Gasteiger partial charge in [0.2, 0.25) is 5.91 Å². The summed E-state index contributed by atoms with van der Waals surface area (Å²) in [5.41, 5.74) is 2.49. The molecule has 1 fully saturated rings. The van der Waals surface area contributed by atoms with Crippen molar-refractivity contribution in [3.05, 3.63) is 64.7 Å². The summed E-state index contributed by atoms with van der Waals surface area (Å²) >= 11 is 5.92. The minimum absolute atomic E-state index is 0.0539. The van der Waals surface area contributed by atoms with Crippen molar-refractivity contribution in [1.29, 1.82) is 0 Å². The van der Waals surface area contributed by atoms with E-state index in [-0.39, 0.29) is 17.9 Å². The van der Waals surface area contributed by atoms with E-state index in [9.17, 15) is 9.59 Å². The largest absolute Gasteiger partial charge is 0.335 e. The number of anilines is 1. The van der Waals surface area contributed by atoms with Gasteiger partial charge in [0, 0.05) is 36.3 Å². The second kappa shape index (κ2) is 7.28. The molecular formula is C20H21ClN2O2. The molecule has 1 unspecified atom stereocenters. The molecule has 1 aliphatic rings. The highest BCUT2D eigenvalue weighted by Crippen LogP contribution is 2.25. The van der Waals surface area contributed by atoms with Gasteiger partial charge in [0.15, 0.2) is 0 Å². The molecule has 5 heteroatoms. The first-order valence-corrected chi connectivity index (χ1v) is 8.78. The number of nitrogens with zero attached hydrogens (tertiary/aromatic N) is 2. The summed E-state index contributed by atoms with van der Waals surface area (Å²) in [5, 5.41) is 0.678. The van der Waals surface area contributed by atoms with E-state index in [1.165, 1.54) is 0 Å². The van der Waals surface area contributed by atoms with Crippen LogP contribution in [-0.4, -0.2) is 30.3 Å². The van der Waals surface area contributed by atoms with Crippen molar-refractivity contribution in [1.82, 2.24) is 4.90 Å². The van der Waals surface area contributed by atoms with Crippen molar-refractivity contribution < 1.29 is 9.59 Å². The molecule has 0 spiro atoms. The number of hydrogen-bond acceptors (Lipinski definition) is 2. The molecule has 4 nitrogen and oxygen atoms in total. The fourth-order valence-electron chi connectivity index (χ4n) is 3.05. The maximum atomic E-state index is 12.7. The summed E-state index contributed by atoms with van der Waals surface area (Å²) < 4.78 is 0. The number of carbonyl (C=O) groups excluding carboxylic acids is 2. The minimum Gasteiger partial charge on any atom is -0.335 e. The molecule has 2 aromatic carbocycles. The maximum absolute atomic E-state index is 12.7. The Labute approximate surface area is 153 Å². The second-order valence-electron chi connectivity index (χ2n) is 6.34. The molecular weight excluding hydrogens is 336 g/mol. The highest BCUT2D eigenvalue weighted by molar-refractivity contribution is 6.30. The first-order valence-electron chi connectivity index (χ1n) is 8.40. The molecule has 0 radical (unpaired) electrons. The monoisotopic (exact) mass is 356 g/mol. The molecule has 2 amide bonds. The maximum Gasteiger partial charge on any atom is 0.254 e. The number of rotatable bonds is 4. The molecule has 0 saturated carbocycles. The van der Waals surface area contributed by atoms with Crippen molar-refractivity contribution in [2.24, 2.45) is 0 Å². The Morgan fingerprint density at radius 2 is 1.76 bits per heavy atom. The Hall–Kier alpha value is -2.33. The van der Waals surface area contributed by atoms with E-state index in [4.69, 9.17) is 11.6 Å². The molecule has 25 heavy (non-hydrogen) atoms. The quantitative estimate of drug-likeness (QED) is 0.819. The van der Waals surface area contributed by atoms with Gasteiger partial charge in [0.25, 0.3) is 5.91 Å². The van der Waals surface area contributed by atoms with Gasteiger partial charge in [-0.05, 0) is 55.3 Å². The molecule has 2 aromatic rings. The van der Waals surface area contributed by atoms with Gasteiger partial charge < -0.3 is 9.80 Å². The standard InChI is InChI=1S/C20H21ClN2O2/c1-14(15-5-9-17(21)10-6-15)22(2)20(25)16-7-11-18(12-8-16)23-13-3-4-19(23)24/h5-12,14H,3-4,13H2,1-2H3. The van der Waals surface area contributed by atoms with Gasteiger partial charge in [-0.2, -0.15) is 0 Å². The minimum atomic E-state index is -0.0652. The van der Waals surface area contributed by atoms with Crippen LogP contribution in [0.2, 0.25) is 5.02 Å². The molecule has 0 aromatic heterocycles. The number of amides is 2. The molecule has 0 N–H and O–H groups in total. The Bertz CT molecular complexity index is 771. The third-order valence-electron chi connectivity index (χ3n) is 4.75. The lowest BCUT2D eigenvalue weighted by molar-refractivity contribution is -0.117. The summed E-state index contributed by atoms with van der Waals surface area (Å²) in [4.78, 5) is 28.0. The normalized spacial score (nSPS) is 15.3. The van der Waals surface area contributed by atoms with Gasteiger partial charge in [0.1, 0.15) is 0 Å². The Morgan fingerprint density at radius 3 is 2.32 bits per heavy atom. The predicted molar refractivity (Wildman–Crippen MR) is 100.0 cm³/mol. The lowest BCUT2D eigenvalue weighted by Gasteiger charge is -2.26. The van der Waals surface area contributed by atoms with Crippen LogP contribution in [0.4, 0.5) is 5.69 Å². The summed E-state index contributed by atoms with van der Waals surface area (Å²) in [5.74, 6) is 0.0919. The summed E-state index contributed by atoms with van der Waals surface area (Å²) in [6.45, 7) is 2.73. The van der Waals surface area contributed by atoms with Gasteiger partial charge in [-0.3, -0.25) is 9.59 Å². The van der Waals surface area contributed by atoms with E-state index in [1.54, 1.807) is 29.0 Å². The smallest absolute Gasteiger partial charge is 0.254 e. The van der Waals surface area contributed by atoms with Gasteiger partial charge >= 0.3 is 0 Å². The van der Waals surface area contributed by atoms with E-state index in [0.717, 1.165) is 24.2 Å². The van der Waals surface area contributed by atoms with Crippen molar-refractivity contribution in [2.45, 2.75) is 25.8 Å². The Kier molecular flexibility index (Phi) is 5.09. The van der Waals surface area contributed by atoms with E-state index in [1.807, 2.05) is 43.3 Å². The van der Waals surface area contributed by atoms with E-state index >= 15 is 0 Å². The zero-order valence-electron chi connectivity index (χ0n) is 14.4. The predicted octanol–water partition coefficient (Wildman–Crippen LogP) is 4.30. The van der Waals surface area contributed by atoms with Crippen molar-refractivity contribution in [2.75, 3.05) is 18.5 Å². The number of carbonyl (C=O) groups is 2. The Balaban J connectivity index is 1.73. The highest BCUT2D eigenvalue weighted by Gasteiger charge is 2.23. The van der Waals surface area contributed by atoms with Crippen LogP contribution in [0, 0.1) is 0 Å². The molecule has 0 aliphatic carbocycles. The van der Waals surface area contributed by atoms with Gasteiger partial charge in [0.05, 0.1) is 6.04 Å². The molecule has 1 atom stereocenters. The Morgan fingerprint density at radius 1 is 1.12 bits per heavy atom. The fraction of sp³-hybridized carbons (Fsp3) is 0.300. The van der Waals surface area contributed by atoms with Crippen LogP contribution in [0.15, 0.2) is 48.5 Å². The van der Waals surface area contributed by atoms with E-state index in [2.05, 4.69) is 0 Å². The summed E-state index contributed by atoms with van der Waals surface area (Å²) in [6, 6.07) is 14.7. The fourth-order valence-corrected chi connectivity index (χ4v) is 3.18. The zero-order chi connectivity index (χ0) is 18.0. The lowest BCUT2D eigenvalue weighted by Crippen LogP contribution is -2.29. The average molecular weight is 357 g/mol. The topological polar surface area (TPSA) is 40.6 Å². The number of halogens is 1. The molecule has 130 valence electrons. The molecule has 0 bridgehead atoms. The van der Waals surface area contributed by atoms with Crippen LogP contribution >= 0.6 is 11.6 Å². The van der Waals surface area contributed by atoms with Crippen LogP contribution in [0.5, 0.6) is 0 Å². The second-order valence-corrected chi connectivity index (χ2v) is 6.78. The highest BCUT2D eigenvalue weighted by atomic mass is 35.5. The molecule has 1 heterocycles. The van der Waals surface area contributed by atoms with Crippen LogP contribution in [0.3, 0.4) is 0 Å².